The number of sulfonamides is 1. The Kier molecular flexibility index (Phi) is 6.96. The molecule has 3 rings (SSSR count). The molecular weight excluding hydrogens is 477 g/mol. The molecule has 0 fully saturated rings. The van der Waals surface area contributed by atoms with Gasteiger partial charge in [0.2, 0.25) is 5.91 Å². The maximum absolute atomic E-state index is 12.9. The third-order valence-corrected chi connectivity index (χ3v) is 5.87. The Morgan fingerprint density at radius 3 is 2.35 bits per heavy atom. The van der Waals surface area contributed by atoms with E-state index in [-0.39, 0.29) is 28.5 Å². The van der Waals surface area contributed by atoms with E-state index in [1.165, 1.54) is 31.3 Å². The second-order valence-electron chi connectivity index (χ2n) is 7.24. The Bertz CT molecular complexity index is 1300. The highest BCUT2D eigenvalue weighted by molar-refractivity contribution is 7.92. The first-order chi connectivity index (χ1) is 15.8. The van der Waals surface area contributed by atoms with Gasteiger partial charge in [-0.2, -0.15) is 13.2 Å². The SMILES string of the molecule is Cc1cc(NC(=O)CN(C)C(=O)c2ccc(S(=O)(=O)Nc3cccc(C(F)(F)F)c3)cc2)no1. The third-order valence-electron chi connectivity index (χ3n) is 4.48. The molecular formula is C21H19F3N4O5S. The molecule has 0 aliphatic heterocycles. The molecule has 0 unspecified atom stereocenters. The number of aryl methyl sites for hydroxylation is 1. The molecule has 34 heavy (non-hydrogen) atoms. The van der Waals surface area contributed by atoms with Crippen LogP contribution in [0.25, 0.3) is 0 Å². The van der Waals surface area contributed by atoms with Crippen molar-refractivity contribution in [3.05, 3.63) is 71.5 Å². The zero-order chi connectivity index (χ0) is 25.1. The molecule has 9 nitrogen and oxygen atoms in total. The van der Waals surface area contributed by atoms with E-state index in [4.69, 9.17) is 4.52 Å². The standard InChI is InChI=1S/C21H19F3N4O5S/c1-13-10-18(26-33-13)25-19(29)12-28(2)20(30)14-6-8-17(9-7-14)34(31,32)27-16-5-3-4-15(11-16)21(22,23)24/h3-11,27H,12H2,1-2H3,(H,25,26,29). The summed E-state index contributed by atoms with van der Waals surface area (Å²) in [5, 5.41) is 6.09. The lowest BCUT2D eigenvalue weighted by molar-refractivity contribution is -0.137. The molecule has 3 aromatic rings. The second kappa shape index (κ2) is 9.55. The highest BCUT2D eigenvalue weighted by Crippen LogP contribution is 2.31. The first-order valence-corrected chi connectivity index (χ1v) is 11.1. The Morgan fingerprint density at radius 2 is 1.76 bits per heavy atom. The molecule has 2 amide bonds. The van der Waals surface area contributed by atoms with Gasteiger partial charge in [0.25, 0.3) is 15.9 Å². The van der Waals surface area contributed by atoms with Crippen LogP contribution in [0, 0.1) is 6.92 Å². The smallest absolute Gasteiger partial charge is 0.360 e. The number of nitrogens with zero attached hydrogens (tertiary/aromatic N) is 2. The van der Waals surface area contributed by atoms with Gasteiger partial charge in [-0.3, -0.25) is 14.3 Å². The quantitative estimate of drug-likeness (QED) is 0.516. The summed E-state index contributed by atoms with van der Waals surface area (Å²) in [5.74, 6) is -0.376. The zero-order valence-corrected chi connectivity index (χ0v) is 18.7. The number of hydrogen-bond acceptors (Lipinski definition) is 6. The number of nitrogens with one attached hydrogen (secondary N) is 2. The number of carbonyl (C=O) groups excluding carboxylic acids is 2. The molecule has 0 radical (unpaired) electrons. The Hall–Kier alpha value is -3.87. The summed E-state index contributed by atoms with van der Waals surface area (Å²) in [5.41, 5.74) is -1.16. The van der Waals surface area contributed by atoms with E-state index in [0.29, 0.717) is 11.8 Å². The van der Waals surface area contributed by atoms with Crippen LogP contribution in [0.2, 0.25) is 0 Å². The van der Waals surface area contributed by atoms with Crippen LogP contribution in [0.3, 0.4) is 0 Å². The van der Waals surface area contributed by atoms with Gasteiger partial charge in [-0.1, -0.05) is 11.2 Å². The summed E-state index contributed by atoms with van der Waals surface area (Å²) in [7, 11) is -2.83. The summed E-state index contributed by atoms with van der Waals surface area (Å²) < 4.78 is 70.6. The molecule has 0 atom stereocenters. The first kappa shape index (κ1) is 24.8. The Labute approximate surface area is 192 Å². The van der Waals surface area contributed by atoms with Gasteiger partial charge in [0.15, 0.2) is 5.82 Å². The number of halogens is 3. The second-order valence-corrected chi connectivity index (χ2v) is 8.92. The van der Waals surface area contributed by atoms with Crippen LogP contribution in [-0.2, 0) is 21.0 Å². The van der Waals surface area contributed by atoms with Crippen molar-refractivity contribution in [2.24, 2.45) is 0 Å². The Morgan fingerprint density at radius 1 is 1.09 bits per heavy atom. The van der Waals surface area contributed by atoms with Crippen molar-refractivity contribution in [1.29, 1.82) is 0 Å². The van der Waals surface area contributed by atoms with Crippen LogP contribution < -0.4 is 10.0 Å². The fourth-order valence-electron chi connectivity index (χ4n) is 2.87. The maximum atomic E-state index is 12.9. The summed E-state index contributed by atoms with van der Waals surface area (Å²) in [6.45, 7) is 1.35. The molecule has 2 aromatic carbocycles. The van der Waals surface area contributed by atoms with Crippen molar-refractivity contribution in [2.75, 3.05) is 23.6 Å². The molecule has 0 aliphatic carbocycles. The van der Waals surface area contributed by atoms with Gasteiger partial charge in [-0.15, -0.1) is 0 Å². The van der Waals surface area contributed by atoms with Gasteiger partial charge in [0.1, 0.15) is 5.76 Å². The summed E-state index contributed by atoms with van der Waals surface area (Å²) in [6, 6.07) is 10.0. The largest absolute Gasteiger partial charge is 0.416 e. The average Bonchev–Trinajstić information content (AvgIpc) is 3.16. The van der Waals surface area contributed by atoms with Crippen LogP contribution >= 0.6 is 0 Å². The summed E-state index contributed by atoms with van der Waals surface area (Å²) in [4.78, 5) is 25.5. The number of rotatable bonds is 7. The van der Waals surface area contributed by atoms with E-state index in [9.17, 15) is 31.2 Å². The molecule has 180 valence electrons. The highest BCUT2D eigenvalue weighted by Gasteiger charge is 2.30. The maximum Gasteiger partial charge on any atom is 0.416 e. The number of benzene rings is 2. The normalized spacial score (nSPS) is 11.7. The fraction of sp³-hybridized carbons (Fsp3) is 0.190. The van der Waals surface area contributed by atoms with Crippen molar-refractivity contribution >= 4 is 33.3 Å². The van der Waals surface area contributed by atoms with Gasteiger partial charge in [-0.05, 0) is 49.4 Å². The third kappa shape index (κ3) is 6.13. The lowest BCUT2D eigenvalue weighted by Gasteiger charge is -2.16. The van der Waals surface area contributed by atoms with Crippen LogP contribution in [-0.4, -0.2) is 43.9 Å². The van der Waals surface area contributed by atoms with E-state index in [1.807, 2.05) is 0 Å². The number of amides is 2. The van der Waals surface area contributed by atoms with Gasteiger partial charge in [0, 0.05) is 24.4 Å². The van der Waals surface area contributed by atoms with Gasteiger partial charge >= 0.3 is 6.18 Å². The lowest BCUT2D eigenvalue weighted by atomic mass is 10.2. The Balaban J connectivity index is 1.66. The zero-order valence-electron chi connectivity index (χ0n) is 17.9. The number of hydrogen-bond donors (Lipinski definition) is 2. The average molecular weight is 496 g/mol. The monoisotopic (exact) mass is 496 g/mol. The summed E-state index contributed by atoms with van der Waals surface area (Å²) in [6.07, 6.45) is -4.62. The minimum absolute atomic E-state index is 0.102. The minimum Gasteiger partial charge on any atom is -0.360 e. The first-order valence-electron chi connectivity index (χ1n) is 9.64. The van der Waals surface area contributed by atoms with Crippen LogP contribution in [0.5, 0.6) is 0 Å². The van der Waals surface area contributed by atoms with Gasteiger partial charge < -0.3 is 14.7 Å². The van der Waals surface area contributed by atoms with Crippen molar-refractivity contribution in [1.82, 2.24) is 10.1 Å². The van der Waals surface area contributed by atoms with Gasteiger partial charge in [-0.25, -0.2) is 8.42 Å². The molecule has 1 heterocycles. The number of alkyl halides is 3. The molecule has 1 aromatic heterocycles. The van der Waals surface area contributed by atoms with E-state index in [0.717, 1.165) is 29.2 Å². The molecule has 2 N–H and O–H groups in total. The number of aromatic nitrogens is 1. The van der Waals surface area contributed by atoms with E-state index < -0.39 is 33.6 Å². The molecule has 0 bridgehead atoms. The summed E-state index contributed by atoms with van der Waals surface area (Å²) >= 11 is 0. The van der Waals surface area contributed by atoms with Crippen LogP contribution in [0.4, 0.5) is 24.7 Å². The molecule has 0 saturated carbocycles. The number of carbonyl (C=O) groups is 2. The van der Waals surface area contributed by atoms with E-state index in [1.54, 1.807) is 6.92 Å². The predicted octanol–water partition coefficient (Wildman–Crippen LogP) is 3.51. The van der Waals surface area contributed by atoms with Crippen LogP contribution in [0.1, 0.15) is 21.7 Å². The van der Waals surface area contributed by atoms with Crippen molar-refractivity contribution in [3.8, 4) is 0 Å². The van der Waals surface area contributed by atoms with Crippen LogP contribution in [0.15, 0.2) is 64.0 Å². The minimum atomic E-state index is -4.62. The van der Waals surface area contributed by atoms with Gasteiger partial charge in [0.05, 0.1) is 17.0 Å². The topological polar surface area (TPSA) is 122 Å². The molecule has 0 saturated heterocycles. The number of likely N-dealkylation sites (N-methyl/N-ethyl adjacent to an activating group) is 1. The van der Waals surface area contributed by atoms with E-state index in [2.05, 4.69) is 15.2 Å². The number of anilines is 2. The highest BCUT2D eigenvalue weighted by atomic mass is 32.2. The van der Waals surface area contributed by atoms with Crippen molar-refractivity contribution < 1.29 is 35.7 Å². The van der Waals surface area contributed by atoms with Crippen molar-refractivity contribution in [3.63, 3.8) is 0 Å². The van der Waals surface area contributed by atoms with E-state index >= 15 is 0 Å². The molecule has 0 aliphatic rings. The molecule has 0 spiro atoms. The fourth-order valence-corrected chi connectivity index (χ4v) is 3.91. The lowest BCUT2D eigenvalue weighted by Crippen LogP contribution is -2.35. The predicted molar refractivity (Wildman–Crippen MR) is 116 cm³/mol. The van der Waals surface area contributed by atoms with Crippen molar-refractivity contribution in [2.45, 2.75) is 18.0 Å². The molecule has 13 heteroatoms.